The molecule has 1 aromatic carbocycles. The fraction of sp³-hybridized carbons (Fsp3) is 0.278. The van der Waals surface area contributed by atoms with Crippen LogP contribution in [0.2, 0.25) is 0 Å². The highest BCUT2D eigenvalue weighted by molar-refractivity contribution is 7.17. The molecule has 3 rings (SSSR count). The molecule has 2 aromatic rings. The molecular weight excluding hydrogens is 381 g/mol. The predicted octanol–water partition coefficient (Wildman–Crippen LogP) is 3.44. The lowest BCUT2D eigenvalue weighted by molar-refractivity contribution is -0.137. The van der Waals surface area contributed by atoms with Crippen LogP contribution in [-0.4, -0.2) is 24.6 Å². The van der Waals surface area contributed by atoms with Crippen molar-refractivity contribution in [2.24, 2.45) is 0 Å². The van der Waals surface area contributed by atoms with Gasteiger partial charge >= 0.3 is 6.18 Å². The Labute approximate surface area is 156 Å². The van der Waals surface area contributed by atoms with Crippen LogP contribution in [0, 0.1) is 0 Å². The fourth-order valence-corrected chi connectivity index (χ4v) is 4.19. The van der Waals surface area contributed by atoms with Crippen LogP contribution in [0.25, 0.3) is 0 Å². The zero-order valence-corrected chi connectivity index (χ0v) is 15.0. The van der Waals surface area contributed by atoms with Crippen LogP contribution in [0.5, 0.6) is 0 Å². The third-order valence-corrected chi connectivity index (χ3v) is 5.38. The molecule has 1 heterocycles. The van der Waals surface area contributed by atoms with Crippen molar-refractivity contribution in [1.29, 1.82) is 0 Å². The monoisotopic (exact) mass is 396 g/mol. The van der Waals surface area contributed by atoms with Gasteiger partial charge < -0.3 is 10.6 Å². The highest BCUT2D eigenvalue weighted by Gasteiger charge is 2.32. The number of carbonyl (C=O) groups is 3. The topological polar surface area (TPSA) is 75.3 Å². The van der Waals surface area contributed by atoms with Gasteiger partial charge in [-0.05, 0) is 30.2 Å². The van der Waals surface area contributed by atoms with Crippen molar-refractivity contribution >= 4 is 33.9 Å². The lowest BCUT2D eigenvalue weighted by Crippen LogP contribution is -2.23. The van der Waals surface area contributed by atoms with Gasteiger partial charge in [-0.1, -0.05) is 6.07 Å². The van der Waals surface area contributed by atoms with Crippen LogP contribution < -0.4 is 10.6 Å². The number of hydrogen-bond acceptors (Lipinski definition) is 4. The number of halogens is 3. The van der Waals surface area contributed by atoms with Crippen LogP contribution in [0.15, 0.2) is 24.3 Å². The molecular formula is C18H15F3N2O3S. The maximum absolute atomic E-state index is 12.9. The van der Waals surface area contributed by atoms with Crippen molar-refractivity contribution < 1.29 is 27.6 Å². The van der Waals surface area contributed by atoms with Crippen molar-refractivity contribution in [3.63, 3.8) is 0 Å². The first-order valence-electron chi connectivity index (χ1n) is 8.07. The van der Waals surface area contributed by atoms with Gasteiger partial charge in [0.25, 0.3) is 11.8 Å². The molecule has 27 heavy (non-hydrogen) atoms. The number of nitrogens with one attached hydrogen (secondary N) is 2. The second-order valence-corrected chi connectivity index (χ2v) is 7.14. The summed E-state index contributed by atoms with van der Waals surface area (Å²) < 4.78 is 38.6. The van der Waals surface area contributed by atoms with E-state index in [4.69, 9.17) is 0 Å². The molecule has 0 saturated carbocycles. The predicted molar refractivity (Wildman–Crippen MR) is 94.1 cm³/mol. The zero-order chi connectivity index (χ0) is 19.8. The minimum atomic E-state index is -4.56. The van der Waals surface area contributed by atoms with Crippen LogP contribution in [0.4, 0.5) is 18.2 Å². The Morgan fingerprint density at radius 3 is 2.56 bits per heavy atom. The molecule has 0 fully saturated rings. The normalized spacial score (nSPS) is 13.9. The lowest BCUT2D eigenvalue weighted by Gasteiger charge is -2.12. The van der Waals surface area contributed by atoms with E-state index in [1.54, 1.807) is 0 Å². The van der Waals surface area contributed by atoms with Gasteiger partial charge in [-0.2, -0.15) is 13.2 Å². The number of benzene rings is 1. The number of thiophene rings is 1. The summed E-state index contributed by atoms with van der Waals surface area (Å²) in [5, 5.41) is 5.26. The molecule has 0 unspecified atom stereocenters. The van der Waals surface area contributed by atoms with Gasteiger partial charge in [0, 0.05) is 30.3 Å². The van der Waals surface area contributed by atoms with Crippen LogP contribution in [-0.2, 0) is 23.8 Å². The van der Waals surface area contributed by atoms with E-state index in [1.165, 1.54) is 13.1 Å². The number of rotatable bonds is 3. The molecule has 1 aliphatic rings. The minimum Gasteiger partial charge on any atom is -0.355 e. The summed E-state index contributed by atoms with van der Waals surface area (Å²) in [4.78, 5) is 37.1. The molecule has 0 atom stereocenters. The molecule has 9 heteroatoms. The Bertz CT molecular complexity index is 934. The standard InChI is InChI=1S/C18H15F3N2O3S/c1-22-16(26)14-12-6-5-11(24)8-13(12)27-17(14)23-15(25)9-3-2-4-10(7-9)18(19,20)21/h2-4,7H,5-6,8H2,1H3,(H,22,26)(H,23,25). The summed E-state index contributed by atoms with van der Waals surface area (Å²) in [6.07, 6.45) is -3.67. The fourth-order valence-electron chi connectivity index (χ4n) is 2.92. The summed E-state index contributed by atoms with van der Waals surface area (Å²) in [6, 6.07) is 4.05. The highest BCUT2D eigenvalue weighted by Crippen LogP contribution is 2.38. The smallest absolute Gasteiger partial charge is 0.355 e. The molecule has 1 aromatic heterocycles. The Balaban J connectivity index is 1.95. The van der Waals surface area contributed by atoms with E-state index >= 15 is 0 Å². The molecule has 2 amide bonds. The SMILES string of the molecule is CNC(=O)c1c(NC(=O)c2cccc(C(F)(F)F)c2)sc2c1CCC(=O)C2. The highest BCUT2D eigenvalue weighted by atomic mass is 32.1. The van der Waals surface area contributed by atoms with E-state index in [2.05, 4.69) is 10.6 Å². The van der Waals surface area contributed by atoms with Gasteiger partial charge in [0.15, 0.2) is 0 Å². The average Bonchev–Trinajstić information content (AvgIpc) is 2.97. The first kappa shape index (κ1) is 19.1. The van der Waals surface area contributed by atoms with E-state index in [9.17, 15) is 27.6 Å². The number of carbonyl (C=O) groups excluding carboxylic acids is 3. The van der Waals surface area contributed by atoms with Gasteiger partial charge in [-0.15, -0.1) is 11.3 Å². The second kappa shape index (κ2) is 7.15. The summed E-state index contributed by atoms with van der Waals surface area (Å²) in [5.74, 6) is -1.12. The molecule has 0 spiro atoms. The quantitative estimate of drug-likeness (QED) is 0.835. The number of Topliss-reactive ketones (excluding diaryl/α,β-unsaturated/α-hetero) is 1. The van der Waals surface area contributed by atoms with E-state index in [0.29, 0.717) is 23.3 Å². The van der Waals surface area contributed by atoms with E-state index < -0.39 is 23.6 Å². The Hall–Kier alpha value is -2.68. The van der Waals surface area contributed by atoms with Crippen LogP contribution in [0.1, 0.15) is 43.1 Å². The minimum absolute atomic E-state index is 0.0444. The molecule has 0 aliphatic heterocycles. The average molecular weight is 396 g/mol. The number of hydrogen-bond donors (Lipinski definition) is 2. The van der Waals surface area contributed by atoms with E-state index in [0.717, 1.165) is 29.5 Å². The number of alkyl halides is 3. The first-order chi connectivity index (χ1) is 12.7. The van der Waals surface area contributed by atoms with Gasteiger partial charge in [0.1, 0.15) is 10.8 Å². The van der Waals surface area contributed by atoms with Gasteiger partial charge in [0.05, 0.1) is 11.1 Å². The molecule has 0 saturated heterocycles. The Morgan fingerprint density at radius 2 is 1.89 bits per heavy atom. The lowest BCUT2D eigenvalue weighted by atomic mass is 9.94. The Kier molecular flexibility index (Phi) is 5.05. The van der Waals surface area contributed by atoms with Gasteiger partial charge in [-0.3, -0.25) is 14.4 Å². The summed E-state index contributed by atoms with van der Waals surface area (Å²) in [7, 11) is 1.44. The van der Waals surface area contributed by atoms with Gasteiger partial charge in [0.2, 0.25) is 0 Å². The summed E-state index contributed by atoms with van der Waals surface area (Å²) in [5.41, 5.74) is -0.128. The van der Waals surface area contributed by atoms with Gasteiger partial charge in [-0.25, -0.2) is 0 Å². The Morgan fingerprint density at radius 1 is 1.15 bits per heavy atom. The number of amides is 2. The molecule has 0 radical (unpaired) electrons. The third-order valence-electron chi connectivity index (χ3n) is 4.24. The molecule has 142 valence electrons. The summed E-state index contributed by atoms with van der Waals surface area (Å²) >= 11 is 1.11. The second-order valence-electron chi connectivity index (χ2n) is 6.04. The molecule has 1 aliphatic carbocycles. The van der Waals surface area contributed by atoms with E-state index in [1.807, 2.05) is 0 Å². The zero-order valence-electron chi connectivity index (χ0n) is 14.2. The molecule has 0 bridgehead atoms. The third kappa shape index (κ3) is 3.87. The van der Waals surface area contributed by atoms with E-state index in [-0.39, 0.29) is 28.3 Å². The van der Waals surface area contributed by atoms with Crippen LogP contribution >= 0.6 is 11.3 Å². The van der Waals surface area contributed by atoms with Crippen molar-refractivity contribution in [3.8, 4) is 0 Å². The number of ketones is 1. The number of anilines is 1. The molecule has 5 nitrogen and oxygen atoms in total. The van der Waals surface area contributed by atoms with Crippen molar-refractivity contribution in [1.82, 2.24) is 5.32 Å². The maximum Gasteiger partial charge on any atom is 0.416 e. The van der Waals surface area contributed by atoms with Crippen molar-refractivity contribution in [2.75, 3.05) is 12.4 Å². The van der Waals surface area contributed by atoms with Crippen LogP contribution in [0.3, 0.4) is 0 Å². The van der Waals surface area contributed by atoms with Crippen molar-refractivity contribution in [3.05, 3.63) is 51.4 Å². The summed E-state index contributed by atoms with van der Waals surface area (Å²) in [6.45, 7) is 0. The van der Waals surface area contributed by atoms with Crippen molar-refractivity contribution in [2.45, 2.75) is 25.4 Å². The first-order valence-corrected chi connectivity index (χ1v) is 8.89. The largest absolute Gasteiger partial charge is 0.416 e. The number of fused-ring (bicyclic) bond motifs is 1. The maximum atomic E-state index is 12.9. The molecule has 2 N–H and O–H groups in total.